The highest BCUT2D eigenvalue weighted by atomic mass is 19.1. The molecule has 4 heterocycles. The van der Waals surface area contributed by atoms with Gasteiger partial charge in [0, 0.05) is 80.6 Å². The Morgan fingerprint density at radius 3 is 2.32 bits per heavy atom. The van der Waals surface area contributed by atoms with Crippen LogP contribution < -0.4 is 9.64 Å². The number of nitriles is 1. The molecule has 1 fully saturated rings. The molecule has 1 aromatic heterocycles. The first-order chi connectivity index (χ1) is 32.0. The van der Waals surface area contributed by atoms with E-state index >= 15 is 4.79 Å². The Morgan fingerprint density at radius 2 is 1.56 bits per heavy atom. The molecule has 1 saturated heterocycles. The van der Waals surface area contributed by atoms with Gasteiger partial charge in [-0.05, 0) is 115 Å². The molecule has 0 N–H and O–H groups in total. The highest BCUT2D eigenvalue weighted by Crippen LogP contribution is 2.37. The van der Waals surface area contributed by atoms with Gasteiger partial charge < -0.3 is 23.8 Å². The number of carbonyl (C=O) groups excluding carboxylic acids is 3. The van der Waals surface area contributed by atoms with Gasteiger partial charge in [-0.1, -0.05) is 54.6 Å². The number of benzene rings is 5. The second kappa shape index (κ2) is 19.2. The van der Waals surface area contributed by atoms with E-state index < -0.39 is 11.7 Å². The average molecular weight is 885 g/mol. The van der Waals surface area contributed by atoms with Gasteiger partial charge in [-0.3, -0.25) is 24.2 Å². The molecule has 0 radical (unpaired) electrons. The van der Waals surface area contributed by atoms with Crippen LogP contribution >= 0.6 is 0 Å². The van der Waals surface area contributed by atoms with Crippen LogP contribution in [-0.2, 0) is 48.9 Å². The lowest BCUT2D eigenvalue weighted by molar-refractivity contribution is -0.131. The summed E-state index contributed by atoms with van der Waals surface area (Å²) in [6.07, 6.45) is 1.55. The van der Waals surface area contributed by atoms with Crippen LogP contribution in [-0.4, -0.2) is 89.0 Å². The molecule has 3 aliphatic heterocycles. The maximum Gasteiger partial charge on any atom is 0.264 e. The van der Waals surface area contributed by atoms with E-state index in [4.69, 9.17) is 9.47 Å². The molecule has 9 rings (SSSR count). The Hall–Kier alpha value is -7.07. The van der Waals surface area contributed by atoms with Crippen LogP contribution in [0.2, 0.25) is 0 Å². The number of hydrogen-bond acceptors (Lipinski definition) is 7. The van der Waals surface area contributed by atoms with Crippen molar-refractivity contribution in [3.63, 3.8) is 0 Å². The van der Waals surface area contributed by atoms with Gasteiger partial charge in [-0.25, -0.2) is 4.39 Å². The van der Waals surface area contributed by atoms with Crippen molar-refractivity contribution < 1.29 is 28.2 Å². The van der Waals surface area contributed by atoms with E-state index in [0.717, 1.165) is 73.3 Å². The van der Waals surface area contributed by atoms with Crippen LogP contribution in [0.4, 0.5) is 15.8 Å². The van der Waals surface area contributed by atoms with E-state index in [-0.39, 0.29) is 35.5 Å². The first-order valence-electron chi connectivity index (χ1n) is 22.6. The maximum absolute atomic E-state index is 15.1. The van der Waals surface area contributed by atoms with Crippen molar-refractivity contribution >= 4 is 29.1 Å². The molecule has 3 aliphatic rings. The van der Waals surface area contributed by atoms with Gasteiger partial charge in [0.15, 0.2) is 0 Å². The minimum atomic E-state index is -0.634. The Balaban J connectivity index is 1.02. The van der Waals surface area contributed by atoms with Crippen LogP contribution in [0.15, 0.2) is 115 Å². The number of para-hydroxylation sites is 1. The van der Waals surface area contributed by atoms with Gasteiger partial charge >= 0.3 is 0 Å². The number of hydrogen-bond donors (Lipinski definition) is 0. The summed E-state index contributed by atoms with van der Waals surface area (Å²) < 4.78 is 28.3. The maximum atomic E-state index is 15.1. The molecular weight excluding hydrogens is 832 g/mol. The molecule has 5 aromatic carbocycles. The summed E-state index contributed by atoms with van der Waals surface area (Å²) >= 11 is 0. The van der Waals surface area contributed by atoms with E-state index in [1.807, 2.05) is 89.0 Å². The second-order valence-electron chi connectivity index (χ2n) is 17.5. The van der Waals surface area contributed by atoms with Gasteiger partial charge in [0.25, 0.3) is 11.8 Å². The van der Waals surface area contributed by atoms with Gasteiger partial charge in [0.2, 0.25) is 5.91 Å². The third kappa shape index (κ3) is 9.23. The molecule has 6 aromatic rings. The van der Waals surface area contributed by atoms with Crippen molar-refractivity contribution in [3.8, 4) is 23.1 Å². The molecule has 336 valence electrons. The summed E-state index contributed by atoms with van der Waals surface area (Å²) in [6.45, 7) is 9.99. The van der Waals surface area contributed by atoms with Crippen molar-refractivity contribution in [2.75, 3.05) is 50.9 Å². The second-order valence-corrected chi connectivity index (χ2v) is 17.5. The summed E-state index contributed by atoms with van der Waals surface area (Å²) in [4.78, 5) is 51.4. The number of amides is 3. The van der Waals surface area contributed by atoms with Gasteiger partial charge in [-0.15, -0.1) is 0 Å². The fraction of sp³-hybridized carbons (Fsp3) is 0.296. The van der Waals surface area contributed by atoms with Crippen molar-refractivity contribution in [2.45, 2.75) is 52.2 Å². The van der Waals surface area contributed by atoms with Crippen LogP contribution in [0.25, 0.3) is 11.3 Å². The fourth-order valence-electron chi connectivity index (χ4n) is 9.45. The quantitative estimate of drug-likeness (QED) is 0.129. The molecule has 0 aliphatic carbocycles. The molecule has 11 nitrogen and oxygen atoms in total. The zero-order chi connectivity index (χ0) is 45.9. The number of ether oxygens (including phenoxy) is 2. The van der Waals surface area contributed by atoms with E-state index in [9.17, 15) is 19.2 Å². The summed E-state index contributed by atoms with van der Waals surface area (Å²) in [5.74, 6) is -0.409. The zero-order valence-electron chi connectivity index (χ0n) is 37.6. The lowest BCUT2D eigenvalue weighted by Gasteiger charge is -2.36. The minimum Gasteiger partial charge on any atom is -0.492 e. The molecule has 0 saturated carbocycles. The van der Waals surface area contributed by atoms with Crippen LogP contribution in [0.1, 0.15) is 66.7 Å². The summed E-state index contributed by atoms with van der Waals surface area (Å²) in [5.41, 5.74) is 8.83. The number of fused-ring (bicyclic) bond motifs is 2. The Kier molecular flexibility index (Phi) is 12.8. The van der Waals surface area contributed by atoms with E-state index in [2.05, 4.69) is 30.0 Å². The molecule has 1 atom stereocenters. The van der Waals surface area contributed by atoms with Crippen molar-refractivity contribution in [3.05, 3.63) is 171 Å². The van der Waals surface area contributed by atoms with Gasteiger partial charge in [-0.2, -0.15) is 5.26 Å². The molecular formula is C54H53FN6O5. The van der Waals surface area contributed by atoms with Crippen molar-refractivity contribution in [1.82, 2.24) is 19.3 Å². The summed E-state index contributed by atoms with van der Waals surface area (Å²) in [6, 6.07) is 36.5. The lowest BCUT2D eigenvalue weighted by Crippen LogP contribution is -2.43. The highest BCUT2D eigenvalue weighted by molar-refractivity contribution is 6.12. The molecule has 0 unspecified atom stereocenters. The number of rotatable bonds is 11. The summed E-state index contributed by atoms with van der Waals surface area (Å²) in [5, 5.41) is 9.70. The molecule has 0 bridgehead atoms. The summed E-state index contributed by atoms with van der Waals surface area (Å²) in [7, 11) is 1.88. The molecule has 66 heavy (non-hydrogen) atoms. The van der Waals surface area contributed by atoms with Crippen molar-refractivity contribution in [1.29, 1.82) is 5.26 Å². The molecule has 12 heteroatoms. The average Bonchev–Trinajstić information content (AvgIpc) is 3.64. The van der Waals surface area contributed by atoms with E-state index in [0.29, 0.717) is 66.4 Å². The number of morpholine rings is 1. The van der Waals surface area contributed by atoms with Crippen molar-refractivity contribution in [2.24, 2.45) is 7.05 Å². The third-order valence-electron chi connectivity index (χ3n) is 13.3. The highest BCUT2D eigenvalue weighted by Gasteiger charge is 2.33. The van der Waals surface area contributed by atoms with E-state index in [1.165, 1.54) is 22.6 Å². The lowest BCUT2D eigenvalue weighted by atomic mass is 9.89. The number of halogens is 1. The Labute approximate surface area is 385 Å². The number of nitrogens with zero attached hydrogens (tertiary/aromatic N) is 6. The topological polar surface area (TPSA) is 111 Å². The predicted octanol–water partition coefficient (Wildman–Crippen LogP) is 8.42. The largest absolute Gasteiger partial charge is 0.492 e. The monoisotopic (exact) mass is 884 g/mol. The number of anilines is 2. The minimum absolute atomic E-state index is 0.00391. The normalized spacial score (nSPS) is 16.0. The third-order valence-corrected chi connectivity index (χ3v) is 13.3. The van der Waals surface area contributed by atoms with Gasteiger partial charge in [0.1, 0.15) is 18.2 Å². The van der Waals surface area contributed by atoms with E-state index in [1.54, 1.807) is 24.3 Å². The Bertz CT molecular complexity index is 2830. The Morgan fingerprint density at radius 1 is 0.818 bits per heavy atom. The van der Waals surface area contributed by atoms with Crippen LogP contribution in [0.3, 0.4) is 0 Å². The van der Waals surface area contributed by atoms with Crippen LogP contribution in [0, 0.1) is 24.1 Å². The number of aromatic nitrogens is 1. The predicted molar refractivity (Wildman–Crippen MR) is 251 cm³/mol. The first-order valence-corrected chi connectivity index (χ1v) is 22.6. The SMILES string of the molecule is Cc1c(C(=O)N(c2ccccc2)c2cc(F)cc(C#N)c2)cc(-c2cc3c(cc2C(=O)N2Cc4ccccc4C[C@H]2C)CN(C(=O)Cc2ccc(OCCN4CCOCC4)cc2)CC3)n1C. The fourth-order valence-corrected chi connectivity index (χ4v) is 9.45. The molecule has 0 spiro atoms. The smallest absolute Gasteiger partial charge is 0.264 e. The first kappa shape index (κ1) is 44.1. The van der Waals surface area contributed by atoms with Crippen LogP contribution in [0.5, 0.6) is 5.75 Å². The standard InChI is InChI=1S/C54H53FN6O5/c1-36-25-40-9-7-8-10-42(40)35-60(36)53(63)50-30-43-34-59(52(62)28-38-13-15-47(16-14-38)66-24-21-58-19-22-65-23-20-58)18-17-41(43)29-49(50)51-32-48(37(2)57(51)3)54(64)61(45-11-5-4-6-12-45)46-27-39(33-56)26-44(55)31-46/h4-16,26-27,29-32,36H,17-25,28,34-35H2,1-3H3/t36-/m1/s1. The van der Waals surface area contributed by atoms with Gasteiger partial charge in [0.05, 0.1) is 42.5 Å². The number of carbonyl (C=O) groups is 3. The zero-order valence-corrected chi connectivity index (χ0v) is 37.6. The molecule has 3 amide bonds.